The van der Waals surface area contributed by atoms with Crippen molar-refractivity contribution in [2.45, 2.75) is 16.0 Å². The molecule has 0 bridgehead atoms. The number of nitrogens with zero attached hydrogens (tertiary/aromatic N) is 2. The summed E-state index contributed by atoms with van der Waals surface area (Å²) < 4.78 is 5.01. The van der Waals surface area contributed by atoms with Crippen LogP contribution in [0.2, 0.25) is 0 Å². The van der Waals surface area contributed by atoms with E-state index in [0.29, 0.717) is 11.8 Å². The third kappa shape index (κ3) is 3.04. The van der Waals surface area contributed by atoms with E-state index in [1.54, 1.807) is 18.1 Å². The number of hydrogen-bond acceptors (Lipinski definition) is 5. The van der Waals surface area contributed by atoms with Gasteiger partial charge in [-0.25, -0.2) is 4.98 Å². The van der Waals surface area contributed by atoms with E-state index in [2.05, 4.69) is 33.6 Å². The molecule has 1 aromatic heterocycles. The Bertz CT molecular complexity index is 402. The molecule has 1 aromatic carbocycles. The maximum Gasteiger partial charge on any atom is 0.170 e. The summed E-state index contributed by atoms with van der Waals surface area (Å²) >= 11 is 3.17. The predicted octanol–water partition coefficient (Wildman–Crippen LogP) is 2.72. The molecule has 0 radical (unpaired) electrons. The smallest absolute Gasteiger partial charge is 0.170 e. The molecule has 0 saturated heterocycles. The van der Waals surface area contributed by atoms with Crippen LogP contribution in [0.15, 0.2) is 41.0 Å². The van der Waals surface area contributed by atoms with Crippen LogP contribution in [0.5, 0.6) is 0 Å². The van der Waals surface area contributed by atoms with E-state index in [1.165, 1.54) is 17.1 Å². The van der Waals surface area contributed by atoms with Gasteiger partial charge in [-0.3, -0.25) is 0 Å². The first-order valence-electron chi connectivity index (χ1n) is 5.08. The molecule has 0 amide bonds. The average molecular weight is 251 g/mol. The second kappa shape index (κ2) is 5.98. The molecule has 0 aliphatic rings. The van der Waals surface area contributed by atoms with Crippen molar-refractivity contribution in [3.8, 4) is 0 Å². The summed E-state index contributed by atoms with van der Waals surface area (Å²) in [5.41, 5.74) is 6.95. The molecule has 0 fully saturated rings. The van der Waals surface area contributed by atoms with E-state index in [-0.39, 0.29) is 0 Å². The standard InChI is InChI=1S/C11H13N3S2/c12-7-6-10(9-4-2-1-3-5-9)15-11-13-8-14-16-11/h1-5,8,10H,6-7,12H2. The molecule has 84 valence electrons. The van der Waals surface area contributed by atoms with Gasteiger partial charge in [0, 0.05) is 5.25 Å². The van der Waals surface area contributed by atoms with Crippen molar-refractivity contribution in [3.05, 3.63) is 42.2 Å². The largest absolute Gasteiger partial charge is 0.330 e. The SMILES string of the molecule is NCCC(Sc1ncns1)c1ccccc1. The zero-order chi connectivity index (χ0) is 11.2. The molecule has 3 nitrogen and oxygen atoms in total. The van der Waals surface area contributed by atoms with Crippen LogP contribution in [0.1, 0.15) is 17.2 Å². The van der Waals surface area contributed by atoms with Gasteiger partial charge in [0.2, 0.25) is 0 Å². The van der Waals surface area contributed by atoms with Crippen molar-refractivity contribution in [1.29, 1.82) is 0 Å². The highest BCUT2D eigenvalue weighted by atomic mass is 32.2. The Kier molecular flexibility index (Phi) is 4.33. The lowest BCUT2D eigenvalue weighted by Gasteiger charge is -2.13. The zero-order valence-electron chi connectivity index (χ0n) is 8.74. The Labute approximate surface area is 103 Å². The molecular weight excluding hydrogens is 238 g/mol. The number of aromatic nitrogens is 2. The van der Waals surface area contributed by atoms with Crippen LogP contribution >= 0.6 is 23.3 Å². The van der Waals surface area contributed by atoms with Gasteiger partial charge in [0.1, 0.15) is 6.33 Å². The Morgan fingerprint density at radius 3 is 2.75 bits per heavy atom. The minimum Gasteiger partial charge on any atom is -0.330 e. The molecule has 1 heterocycles. The summed E-state index contributed by atoms with van der Waals surface area (Å²) in [6, 6.07) is 10.4. The lowest BCUT2D eigenvalue weighted by atomic mass is 10.1. The van der Waals surface area contributed by atoms with Crippen molar-refractivity contribution in [1.82, 2.24) is 9.36 Å². The summed E-state index contributed by atoms with van der Waals surface area (Å²) in [5, 5.41) is 0.374. The third-order valence-electron chi connectivity index (χ3n) is 2.18. The summed E-state index contributed by atoms with van der Waals surface area (Å²) in [7, 11) is 0. The summed E-state index contributed by atoms with van der Waals surface area (Å²) in [6.45, 7) is 0.686. The quantitative estimate of drug-likeness (QED) is 0.830. The summed E-state index contributed by atoms with van der Waals surface area (Å²) in [5.74, 6) is 0. The van der Waals surface area contributed by atoms with Crippen molar-refractivity contribution < 1.29 is 0 Å². The van der Waals surface area contributed by atoms with Crippen molar-refractivity contribution in [2.24, 2.45) is 5.73 Å². The fourth-order valence-corrected chi connectivity index (χ4v) is 3.28. The van der Waals surface area contributed by atoms with Gasteiger partial charge < -0.3 is 5.73 Å². The molecule has 2 aromatic rings. The summed E-state index contributed by atoms with van der Waals surface area (Å²) in [4.78, 5) is 4.19. The minimum absolute atomic E-state index is 0.374. The Hall–Kier alpha value is -0.910. The van der Waals surface area contributed by atoms with Crippen LogP contribution in [0, 0.1) is 0 Å². The average Bonchev–Trinajstić information content (AvgIpc) is 2.83. The van der Waals surface area contributed by atoms with Gasteiger partial charge in [-0.05, 0) is 30.1 Å². The van der Waals surface area contributed by atoms with E-state index in [9.17, 15) is 0 Å². The van der Waals surface area contributed by atoms with Crippen molar-refractivity contribution in [3.63, 3.8) is 0 Å². The van der Waals surface area contributed by atoms with E-state index < -0.39 is 0 Å². The first-order chi connectivity index (χ1) is 7.90. The molecule has 1 unspecified atom stereocenters. The first kappa shape index (κ1) is 11.6. The molecule has 1 atom stereocenters. The number of rotatable bonds is 5. The van der Waals surface area contributed by atoms with Gasteiger partial charge in [-0.2, -0.15) is 4.37 Å². The van der Waals surface area contributed by atoms with Crippen LogP contribution in [0.3, 0.4) is 0 Å². The lowest BCUT2D eigenvalue weighted by molar-refractivity contribution is 0.813. The van der Waals surface area contributed by atoms with Gasteiger partial charge in [0.05, 0.1) is 0 Å². The van der Waals surface area contributed by atoms with E-state index in [4.69, 9.17) is 5.73 Å². The Morgan fingerprint density at radius 1 is 1.31 bits per heavy atom. The van der Waals surface area contributed by atoms with Gasteiger partial charge >= 0.3 is 0 Å². The van der Waals surface area contributed by atoms with Crippen LogP contribution in [-0.2, 0) is 0 Å². The molecule has 0 aliphatic carbocycles. The predicted molar refractivity (Wildman–Crippen MR) is 68.6 cm³/mol. The number of hydrogen-bond donors (Lipinski definition) is 1. The topological polar surface area (TPSA) is 51.8 Å². The van der Waals surface area contributed by atoms with Gasteiger partial charge in [0.15, 0.2) is 4.34 Å². The van der Waals surface area contributed by atoms with Crippen LogP contribution in [0.25, 0.3) is 0 Å². The van der Waals surface area contributed by atoms with E-state index >= 15 is 0 Å². The number of benzene rings is 1. The molecule has 5 heteroatoms. The maximum absolute atomic E-state index is 5.65. The van der Waals surface area contributed by atoms with Crippen LogP contribution in [-0.4, -0.2) is 15.9 Å². The highest BCUT2D eigenvalue weighted by Crippen LogP contribution is 2.37. The Morgan fingerprint density at radius 2 is 2.12 bits per heavy atom. The third-order valence-corrected chi connectivity index (χ3v) is 4.26. The van der Waals surface area contributed by atoms with Gasteiger partial charge in [0.25, 0.3) is 0 Å². The minimum atomic E-state index is 0.374. The highest BCUT2D eigenvalue weighted by molar-refractivity contribution is 8.01. The molecule has 0 aliphatic heterocycles. The van der Waals surface area contributed by atoms with Crippen molar-refractivity contribution >= 4 is 23.3 Å². The molecular formula is C11H13N3S2. The summed E-state index contributed by atoms with van der Waals surface area (Å²) in [6.07, 6.45) is 2.55. The van der Waals surface area contributed by atoms with Crippen LogP contribution < -0.4 is 5.73 Å². The first-order valence-corrected chi connectivity index (χ1v) is 6.74. The van der Waals surface area contributed by atoms with Gasteiger partial charge in [-0.15, -0.1) is 0 Å². The van der Waals surface area contributed by atoms with Crippen molar-refractivity contribution in [2.75, 3.05) is 6.54 Å². The molecule has 16 heavy (non-hydrogen) atoms. The second-order valence-corrected chi connectivity index (χ2v) is 5.53. The lowest BCUT2D eigenvalue weighted by Crippen LogP contribution is -2.04. The van der Waals surface area contributed by atoms with Gasteiger partial charge in [-0.1, -0.05) is 42.1 Å². The molecule has 0 saturated carbocycles. The molecule has 2 rings (SSSR count). The maximum atomic E-state index is 5.65. The normalized spacial score (nSPS) is 12.6. The highest BCUT2D eigenvalue weighted by Gasteiger charge is 2.13. The fraction of sp³-hybridized carbons (Fsp3) is 0.273. The molecule has 2 N–H and O–H groups in total. The second-order valence-electron chi connectivity index (χ2n) is 3.30. The Balaban J connectivity index is 2.11. The molecule has 0 spiro atoms. The number of thioether (sulfide) groups is 1. The zero-order valence-corrected chi connectivity index (χ0v) is 10.4. The number of nitrogens with two attached hydrogens (primary N) is 1. The van der Waals surface area contributed by atoms with E-state index in [0.717, 1.165) is 10.8 Å². The van der Waals surface area contributed by atoms with Crippen LogP contribution in [0.4, 0.5) is 0 Å². The van der Waals surface area contributed by atoms with E-state index in [1.807, 2.05) is 6.07 Å². The fourth-order valence-electron chi connectivity index (χ4n) is 1.45. The monoisotopic (exact) mass is 251 g/mol.